The summed E-state index contributed by atoms with van der Waals surface area (Å²) in [5.41, 5.74) is 0.416. The summed E-state index contributed by atoms with van der Waals surface area (Å²) in [6, 6.07) is 5.28. The molecule has 0 aliphatic rings. The smallest absolute Gasteiger partial charge is 0.252 e. The van der Waals surface area contributed by atoms with Crippen molar-refractivity contribution in [2.75, 3.05) is 7.11 Å². The highest BCUT2D eigenvalue weighted by Gasteiger charge is 2.30. The normalized spacial score (nSPS) is 13.8. The van der Waals surface area contributed by atoms with Crippen molar-refractivity contribution in [1.82, 2.24) is 5.32 Å². The summed E-state index contributed by atoms with van der Waals surface area (Å²) in [6.45, 7) is 7.33. The van der Waals surface area contributed by atoms with Gasteiger partial charge in [-0.1, -0.05) is 19.9 Å². The van der Waals surface area contributed by atoms with Crippen LogP contribution in [0.4, 0.5) is 0 Å². The maximum atomic E-state index is 12.3. The molecule has 0 aliphatic heterocycles. The first kappa shape index (κ1) is 15.2. The predicted octanol–water partition coefficient (Wildman–Crippen LogP) is 2.35. The Bertz CT molecular complexity index is 482. The molecule has 0 bridgehead atoms. The fourth-order valence-electron chi connectivity index (χ4n) is 1.70. The molecule has 0 saturated carbocycles. The molecular weight excluding hydrogens is 242 g/mol. The Morgan fingerprint density at radius 1 is 1.42 bits per heavy atom. The lowest BCUT2D eigenvalue weighted by atomic mass is 9.89. The SMILES string of the molecule is COc1cccc(C(=O)NC(C)(C=O)C(C)C)c1C. The number of rotatable bonds is 5. The van der Waals surface area contributed by atoms with Gasteiger partial charge in [-0.05, 0) is 31.9 Å². The Hall–Kier alpha value is -1.84. The van der Waals surface area contributed by atoms with Crippen LogP contribution in [0.15, 0.2) is 18.2 Å². The summed E-state index contributed by atoms with van der Waals surface area (Å²) in [4.78, 5) is 23.5. The number of carbonyl (C=O) groups excluding carboxylic acids is 2. The maximum Gasteiger partial charge on any atom is 0.252 e. The van der Waals surface area contributed by atoms with E-state index in [9.17, 15) is 9.59 Å². The predicted molar refractivity (Wildman–Crippen MR) is 74.5 cm³/mol. The third-order valence-electron chi connectivity index (χ3n) is 3.58. The molecule has 0 heterocycles. The molecular formula is C15H21NO3. The van der Waals surface area contributed by atoms with E-state index in [-0.39, 0.29) is 11.8 Å². The van der Waals surface area contributed by atoms with Crippen LogP contribution in [0, 0.1) is 12.8 Å². The van der Waals surface area contributed by atoms with Gasteiger partial charge in [-0.2, -0.15) is 0 Å². The fourth-order valence-corrected chi connectivity index (χ4v) is 1.70. The van der Waals surface area contributed by atoms with Gasteiger partial charge >= 0.3 is 0 Å². The summed E-state index contributed by atoms with van der Waals surface area (Å²) in [6.07, 6.45) is 0.783. The molecule has 0 spiro atoms. The number of amides is 1. The Morgan fingerprint density at radius 3 is 2.53 bits per heavy atom. The van der Waals surface area contributed by atoms with Gasteiger partial charge < -0.3 is 14.8 Å². The molecule has 4 nitrogen and oxygen atoms in total. The van der Waals surface area contributed by atoms with E-state index < -0.39 is 5.54 Å². The van der Waals surface area contributed by atoms with Crippen molar-refractivity contribution in [1.29, 1.82) is 0 Å². The Kier molecular flexibility index (Phi) is 4.70. The van der Waals surface area contributed by atoms with Gasteiger partial charge in [0.2, 0.25) is 0 Å². The molecule has 0 fully saturated rings. The molecule has 1 aromatic carbocycles. The Morgan fingerprint density at radius 2 is 2.05 bits per heavy atom. The second-order valence-electron chi connectivity index (χ2n) is 5.14. The van der Waals surface area contributed by atoms with Crippen LogP contribution in [-0.4, -0.2) is 24.8 Å². The van der Waals surface area contributed by atoms with Crippen molar-refractivity contribution < 1.29 is 14.3 Å². The second kappa shape index (κ2) is 5.87. The van der Waals surface area contributed by atoms with Gasteiger partial charge in [0.25, 0.3) is 5.91 Å². The van der Waals surface area contributed by atoms with Crippen LogP contribution in [0.2, 0.25) is 0 Å². The van der Waals surface area contributed by atoms with Crippen molar-refractivity contribution in [3.8, 4) is 5.75 Å². The first-order chi connectivity index (χ1) is 8.85. The van der Waals surface area contributed by atoms with E-state index in [0.29, 0.717) is 11.3 Å². The number of hydrogen-bond donors (Lipinski definition) is 1. The fraction of sp³-hybridized carbons (Fsp3) is 0.467. The quantitative estimate of drug-likeness (QED) is 0.830. The number of nitrogens with one attached hydrogen (secondary N) is 1. The molecule has 104 valence electrons. The van der Waals surface area contributed by atoms with Gasteiger partial charge in [0.15, 0.2) is 0 Å². The lowest BCUT2D eigenvalue weighted by molar-refractivity contribution is -0.113. The van der Waals surface area contributed by atoms with Crippen LogP contribution in [0.5, 0.6) is 5.75 Å². The summed E-state index contributed by atoms with van der Waals surface area (Å²) in [5, 5.41) is 2.79. The summed E-state index contributed by atoms with van der Waals surface area (Å²) in [5.74, 6) is 0.407. The van der Waals surface area contributed by atoms with Crippen LogP contribution in [0.1, 0.15) is 36.7 Å². The second-order valence-corrected chi connectivity index (χ2v) is 5.14. The number of methoxy groups -OCH3 is 1. The maximum absolute atomic E-state index is 12.3. The summed E-state index contributed by atoms with van der Waals surface area (Å²) in [7, 11) is 1.56. The minimum absolute atomic E-state index is 0.0138. The third kappa shape index (κ3) is 3.13. The molecule has 1 amide bonds. The zero-order valence-corrected chi connectivity index (χ0v) is 12.1. The number of aldehydes is 1. The minimum atomic E-state index is -0.868. The third-order valence-corrected chi connectivity index (χ3v) is 3.58. The minimum Gasteiger partial charge on any atom is -0.496 e. The Labute approximate surface area is 114 Å². The zero-order chi connectivity index (χ0) is 14.6. The van der Waals surface area contributed by atoms with Gasteiger partial charge in [-0.25, -0.2) is 0 Å². The molecule has 1 N–H and O–H groups in total. The van der Waals surface area contributed by atoms with E-state index in [4.69, 9.17) is 4.74 Å². The van der Waals surface area contributed by atoms with Gasteiger partial charge in [0.1, 0.15) is 12.0 Å². The molecule has 1 aromatic rings. The van der Waals surface area contributed by atoms with E-state index in [1.165, 1.54) is 0 Å². The van der Waals surface area contributed by atoms with Crippen molar-refractivity contribution in [2.24, 2.45) is 5.92 Å². The molecule has 1 unspecified atom stereocenters. The first-order valence-electron chi connectivity index (χ1n) is 6.28. The van der Waals surface area contributed by atoms with E-state index >= 15 is 0 Å². The molecule has 0 saturated heterocycles. The highest BCUT2D eigenvalue weighted by atomic mass is 16.5. The molecule has 4 heteroatoms. The van der Waals surface area contributed by atoms with E-state index in [1.54, 1.807) is 32.2 Å². The highest BCUT2D eigenvalue weighted by Crippen LogP contribution is 2.22. The summed E-state index contributed by atoms with van der Waals surface area (Å²) >= 11 is 0. The largest absolute Gasteiger partial charge is 0.496 e. The van der Waals surface area contributed by atoms with Gasteiger partial charge in [0, 0.05) is 11.1 Å². The summed E-state index contributed by atoms with van der Waals surface area (Å²) < 4.78 is 5.19. The van der Waals surface area contributed by atoms with Crippen LogP contribution < -0.4 is 10.1 Å². The number of carbonyl (C=O) groups is 2. The van der Waals surface area contributed by atoms with E-state index in [2.05, 4.69) is 5.32 Å². The van der Waals surface area contributed by atoms with Gasteiger partial charge in [-0.15, -0.1) is 0 Å². The van der Waals surface area contributed by atoms with Crippen molar-refractivity contribution in [3.05, 3.63) is 29.3 Å². The number of hydrogen-bond acceptors (Lipinski definition) is 3. The van der Waals surface area contributed by atoms with Crippen LogP contribution in [0.3, 0.4) is 0 Å². The molecule has 0 aromatic heterocycles. The lowest BCUT2D eigenvalue weighted by Gasteiger charge is -2.29. The molecule has 19 heavy (non-hydrogen) atoms. The average Bonchev–Trinajstić information content (AvgIpc) is 2.38. The zero-order valence-electron chi connectivity index (χ0n) is 12.1. The Balaban J connectivity index is 3.05. The molecule has 1 atom stereocenters. The number of benzene rings is 1. The van der Waals surface area contributed by atoms with Crippen molar-refractivity contribution in [2.45, 2.75) is 33.2 Å². The molecule has 0 radical (unpaired) electrons. The topological polar surface area (TPSA) is 55.4 Å². The van der Waals surface area contributed by atoms with Gasteiger partial charge in [-0.3, -0.25) is 4.79 Å². The van der Waals surface area contributed by atoms with Gasteiger partial charge in [0.05, 0.1) is 12.6 Å². The van der Waals surface area contributed by atoms with Crippen molar-refractivity contribution >= 4 is 12.2 Å². The molecule has 1 rings (SSSR count). The van der Waals surface area contributed by atoms with E-state index in [0.717, 1.165) is 11.8 Å². The van der Waals surface area contributed by atoms with Crippen LogP contribution in [0.25, 0.3) is 0 Å². The van der Waals surface area contributed by atoms with Crippen LogP contribution in [-0.2, 0) is 4.79 Å². The van der Waals surface area contributed by atoms with Crippen molar-refractivity contribution in [3.63, 3.8) is 0 Å². The monoisotopic (exact) mass is 263 g/mol. The standard InChI is InChI=1S/C15H21NO3/c1-10(2)15(4,9-17)16-14(18)12-7-6-8-13(19-5)11(12)3/h6-10H,1-5H3,(H,16,18). The first-order valence-corrected chi connectivity index (χ1v) is 6.28. The van der Waals surface area contributed by atoms with Crippen LogP contribution >= 0.6 is 0 Å². The lowest BCUT2D eigenvalue weighted by Crippen LogP contribution is -2.51. The highest BCUT2D eigenvalue weighted by molar-refractivity contribution is 5.98. The number of ether oxygens (including phenoxy) is 1. The van der Waals surface area contributed by atoms with E-state index in [1.807, 2.05) is 20.8 Å². The molecule has 0 aliphatic carbocycles. The average molecular weight is 263 g/mol.